The molecule has 32 heavy (non-hydrogen) atoms. The number of carbonyl (C=O) groups is 1. The number of aromatic nitrogens is 2. The van der Waals surface area contributed by atoms with Crippen molar-refractivity contribution in [2.45, 2.75) is 18.9 Å². The molecule has 8 heteroatoms. The van der Waals surface area contributed by atoms with Gasteiger partial charge in [0.1, 0.15) is 5.54 Å². The van der Waals surface area contributed by atoms with E-state index >= 15 is 0 Å². The molecule has 1 aliphatic rings. The Morgan fingerprint density at radius 3 is 2.84 bits per heavy atom. The van der Waals surface area contributed by atoms with Crippen molar-refractivity contribution in [3.05, 3.63) is 70.2 Å². The maximum atomic E-state index is 13.2. The minimum Gasteiger partial charge on any atom is -0.369 e. The highest BCUT2D eigenvalue weighted by atomic mass is 32.1. The molecule has 4 rings (SSSR count). The Balaban J connectivity index is 1.68. The molecule has 1 amide bonds. The fourth-order valence-corrected chi connectivity index (χ4v) is 5.00. The van der Waals surface area contributed by atoms with Gasteiger partial charge in [-0.3, -0.25) is 14.4 Å². The average Bonchev–Trinajstić information content (AvgIpc) is 3.44. The maximum absolute atomic E-state index is 13.2. The molecule has 0 fully saturated rings. The largest absolute Gasteiger partial charge is 0.369 e. The van der Waals surface area contributed by atoms with Crippen molar-refractivity contribution in [1.29, 1.82) is 5.26 Å². The summed E-state index contributed by atoms with van der Waals surface area (Å²) in [5.41, 5.74) is 8.86. The van der Waals surface area contributed by atoms with E-state index in [1.165, 1.54) is 4.90 Å². The predicted octanol–water partition coefficient (Wildman–Crippen LogP) is 3.74. The van der Waals surface area contributed by atoms with Crippen LogP contribution in [-0.2, 0) is 17.4 Å². The molecule has 0 saturated heterocycles. The highest BCUT2D eigenvalue weighted by molar-refractivity contribution is 7.10. The Morgan fingerprint density at radius 1 is 1.31 bits per heavy atom. The van der Waals surface area contributed by atoms with Gasteiger partial charge in [-0.1, -0.05) is 24.3 Å². The second-order valence-corrected chi connectivity index (χ2v) is 8.96. The normalized spacial score (nSPS) is 21.1. The molecule has 1 unspecified atom stereocenters. The second-order valence-electron chi connectivity index (χ2n) is 8.05. The number of amides is 1. The molecule has 1 aromatic carbocycles. The molecular weight excluding hydrogens is 420 g/mol. The first kappa shape index (κ1) is 21.5. The van der Waals surface area contributed by atoms with E-state index in [2.05, 4.69) is 11.2 Å². The number of thiophene rings is 1. The fraction of sp³-hybridized carbons (Fsp3) is 0.250. The van der Waals surface area contributed by atoms with Crippen molar-refractivity contribution >= 4 is 29.3 Å². The van der Waals surface area contributed by atoms with Gasteiger partial charge in [0.2, 0.25) is 5.91 Å². The number of allylic oxidation sites excluding steroid dienone is 1. The third-order valence-electron chi connectivity index (χ3n) is 5.83. The van der Waals surface area contributed by atoms with E-state index in [0.29, 0.717) is 12.0 Å². The maximum Gasteiger partial charge on any atom is 0.235 e. The van der Waals surface area contributed by atoms with Crippen LogP contribution < -0.4 is 5.73 Å². The number of hydrogen-bond donors (Lipinski definition) is 1. The third kappa shape index (κ3) is 3.95. The van der Waals surface area contributed by atoms with E-state index in [1.807, 2.05) is 62.0 Å². The van der Waals surface area contributed by atoms with Crippen LogP contribution in [0.2, 0.25) is 0 Å². The van der Waals surface area contributed by atoms with Crippen LogP contribution >= 0.6 is 11.3 Å². The van der Waals surface area contributed by atoms with Crippen LogP contribution in [0.4, 0.5) is 0 Å². The van der Waals surface area contributed by atoms with Crippen LogP contribution in [0.1, 0.15) is 29.3 Å². The number of benzene rings is 1. The topological polar surface area (TPSA) is 100 Å². The first-order chi connectivity index (χ1) is 15.3. The van der Waals surface area contributed by atoms with Crippen molar-refractivity contribution in [3.63, 3.8) is 0 Å². The van der Waals surface area contributed by atoms with Crippen molar-refractivity contribution in [1.82, 2.24) is 14.7 Å². The number of nitriles is 1. The Hall–Kier alpha value is -3.70. The van der Waals surface area contributed by atoms with E-state index in [4.69, 9.17) is 10.7 Å². The van der Waals surface area contributed by atoms with Gasteiger partial charge in [-0.25, -0.2) is 4.99 Å². The summed E-state index contributed by atoms with van der Waals surface area (Å²) in [4.78, 5) is 20.4. The molecule has 1 aliphatic heterocycles. The molecule has 0 saturated carbocycles. The number of rotatable bonds is 5. The van der Waals surface area contributed by atoms with Gasteiger partial charge in [-0.15, -0.1) is 11.3 Å². The SMILES string of the molecule is CN1C(=O)C(CC=Cc2cnn(C)c2)[C@@](C)(c2cc(-c3cccc(C#N)c3)cs2)N=C1N. The number of guanidine groups is 1. The van der Waals surface area contributed by atoms with Crippen LogP contribution in [0.25, 0.3) is 17.2 Å². The molecule has 162 valence electrons. The van der Waals surface area contributed by atoms with Crippen molar-refractivity contribution in [3.8, 4) is 17.2 Å². The summed E-state index contributed by atoms with van der Waals surface area (Å²) < 4.78 is 1.74. The van der Waals surface area contributed by atoms with Gasteiger partial charge in [0.15, 0.2) is 5.96 Å². The van der Waals surface area contributed by atoms with Gasteiger partial charge in [0.25, 0.3) is 0 Å². The van der Waals surface area contributed by atoms with Gasteiger partial charge < -0.3 is 5.73 Å². The molecule has 7 nitrogen and oxygen atoms in total. The summed E-state index contributed by atoms with van der Waals surface area (Å²) in [6, 6.07) is 11.7. The molecule has 0 radical (unpaired) electrons. The van der Waals surface area contributed by atoms with Gasteiger partial charge in [-0.2, -0.15) is 10.4 Å². The number of nitrogens with zero attached hydrogens (tertiary/aromatic N) is 5. The monoisotopic (exact) mass is 444 g/mol. The Morgan fingerprint density at radius 2 is 2.12 bits per heavy atom. The van der Waals surface area contributed by atoms with Gasteiger partial charge in [0.05, 0.1) is 23.7 Å². The zero-order chi connectivity index (χ0) is 22.9. The lowest BCUT2D eigenvalue weighted by Crippen LogP contribution is -2.53. The fourth-order valence-electron chi connectivity index (χ4n) is 3.92. The number of nitrogens with two attached hydrogens (primary N) is 1. The standard InChI is InChI=1S/C24H24N6OS/c1-24(21-11-19(15-32-21)18-8-4-6-16(10-18)12-25)20(22(31)30(3)23(26)28-24)9-5-7-17-13-27-29(2)14-17/h4-8,10-11,13-15,20H,9H2,1-3H3,(H2,26,28)/t20?,24-/m0/s1. The molecule has 0 bridgehead atoms. The van der Waals surface area contributed by atoms with Gasteiger partial charge in [0, 0.05) is 30.7 Å². The van der Waals surface area contributed by atoms with Crippen LogP contribution in [0.15, 0.2) is 59.2 Å². The van der Waals surface area contributed by atoms with Crippen LogP contribution in [-0.4, -0.2) is 33.6 Å². The van der Waals surface area contributed by atoms with Crippen molar-refractivity contribution < 1.29 is 4.79 Å². The molecule has 2 atom stereocenters. The summed E-state index contributed by atoms with van der Waals surface area (Å²) in [7, 11) is 3.53. The van der Waals surface area contributed by atoms with Crippen LogP contribution in [0.3, 0.4) is 0 Å². The number of aryl methyl sites for hydroxylation is 1. The quantitative estimate of drug-likeness (QED) is 0.648. The van der Waals surface area contributed by atoms with E-state index in [9.17, 15) is 10.1 Å². The molecule has 0 spiro atoms. The van der Waals surface area contributed by atoms with Crippen LogP contribution in [0, 0.1) is 17.2 Å². The summed E-state index contributed by atoms with van der Waals surface area (Å²) >= 11 is 1.55. The Bertz CT molecular complexity index is 1260. The highest BCUT2D eigenvalue weighted by Gasteiger charge is 2.46. The zero-order valence-corrected chi connectivity index (χ0v) is 19.0. The number of carbonyl (C=O) groups excluding carboxylic acids is 1. The minimum absolute atomic E-state index is 0.0581. The smallest absolute Gasteiger partial charge is 0.235 e. The average molecular weight is 445 g/mol. The first-order valence-electron chi connectivity index (χ1n) is 10.2. The Kier molecular flexibility index (Phi) is 5.68. The summed E-state index contributed by atoms with van der Waals surface area (Å²) in [5, 5.41) is 15.4. The van der Waals surface area contributed by atoms with Crippen molar-refractivity contribution in [2.24, 2.45) is 23.7 Å². The number of aliphatic imine (C=N–C) groups is 1. The van der Waals surface area contributed by atoms with E-state index in [-0.39, 0.29) is 11.9 Å². The molecule has 2 N–H and O–H groups in total. The minimum atomic E-state index is -0.789. The lowest BCUT2D eigenvalue weighted by Gasteiger charge is -2.39. The molecule has 0 aliphatic carbocycles. The first-order valence-corrected chi connectivity index (χ1v) is 11.1. The van der Waals surface area contributed by atoms with Crippen LogP contribution in [0.5, 0.6) is 0 Å². The lowest BCUT2D eigenvalue weighted by atomic mass is 9.79. The van der Waals surface area contributed by atoms with Crippen molar-refractivity contribution in [2.75, 3.05) is 7.05 Å². The van der Waals surface area contributed by atoms with E-state index in [1.54, 1.807) is 35.3 Å². The zero-order valence-electron chi connectivity index (χ0n) is 18.2. The second kappa shape index (κ2) is 8.44. The lowest BCUT2D eigenvalue weighted by molar-refractivity contribution is -0.133. The summed E-state index contributed by atoms with van der Waals surface area (Å²) in [5.74, 6) is -0.242. The highest BCUT2D eigenvalue weighted by Crippen LogP contribution is 2.44. The number of hydrogen-bond acceptors (Lipinski definition) is 6. The van der Waals surface area contributed by atoms with Gasteiger partial charge in [-0.05, 0) is 48.1 Å². The third-order valence-corrected chi connectivity index (χ3v) is 6.98. The molecular formula is C24H24N6OS. The van der Waals surface area contributed by atoms with E-state index in [0.717, 1.165) is 21.6 Å². The summed E-state index contributed by atoms with van der Waals surface area (Å²) in [6.45, 7) is 1.97. The molecule has 3 aromatic rings. The van der Waals surface area contributed by atoms with E-state index < -0.39 is 11.5 Å². The van der Waals surface area contributed by atoms with Gasteiger partial charge >= 0.3 is 0 Å². The summed E-state index contributed by atoms with van der Waals surface area (Å²) in [6.07, 6.45) is 8.18. The predicted molar refractivity (Wildman–Crippen MR) is 127 cm³/mol. The Labute approximate surface area is 191 Å². The molecule has 3 heterocycles. The molecule has 2 aromatic heterocycles.